The second-order valence-electron chi connectivity index (χ2n) is 5.61. The molecule has 2 unspecified atom stereocenters. The number of ether oxygens (including phenoxy) is 1. The predicted octanol–water partition coefficient (Wildman–Crippen LogP) is 2.88. The Hall–Kier alpha value is -0.860. The molecule has 0 aromatic heterocycles. The summed E-state index contributed by atoms with van der Waals surface area (Å²) in [5.41, 5.74) is 3.02. The van der Waals surface area contributed by atoms with E-state index in [-0.39, 0.29) is 0 Å². The SMILES string of the molecule is c1ccc2c(c1)CC2COCCC1CCCCN1. The van der Waals surface area contributed by atoms with E-state index in [1.54, 1.807) is 0 Å². The lowest BCUT2D eigenvalue weighted by molar-refractivity contribution is 0.103. The van der Waals surface area contributed by atoms with Crippen LogP contribution in [0.4, 0.5) is 0 Å². The molecule has 2 aliphatic rings. The minimum absolute atomic E-state index is 0.653. The van der Waals surface area contributed by atoms with E-state index in [0.29, 0.717) is 12.0 Å². The van der Waals surface area contributed by atoms with Gasteiger partial charge in [-0.1, -0.05) is 30.7 Å². The van der Waals surface area contributed by atoms with Crippen molar-refractivity contribution >= 4 is 0 Å². The lowest BCUT2D eigenvalue weighted by Gasteiger charge is -2.30. The van der Waals surface area contributed by atoms with Gasteiger partial charge in [-0.05, 0) is 43.4 Å². The molecule has 0 bridgehead atoms. The fraction of sp³-hybridized carbons (Fsp3) is 0.625. The molecule has 1 N–H and O–H groups in total. The van der Waals surface area contributed by atoms with Gasteiger partial charge in [0.2, 0.25) is 0 Å². The first kappa shape index (κ1) is 12.2. The highest BCUT2D eigenvalue weighted by molar-refractivity contribution is 5.39. The summed E-state index contributed by atoms with van der Waals surface area (Å²) < 4.78 is 5.86. The molecule has 0 radical (unpaired) electrons. The van der Waals surface area contributed by atoms with Gasteiger partial charge in [-0.3, -0.25) is 0 Å². The molecule has 0 saturated carbocycles. The van der Waals surface area contributed by atoms with Gasteiger partial charge in [0.05, 0.1) is 6.61 Å². The van der Waals surface area contributed by atoms with E-state index in [0.717, 1.165) is 13.2 Å². The largest absolute Gasteiger partial charge is 0.381 e. The van der Waals surface area contributed by atoms with Gasteiger partial charge in [0.25, 0.3) is 0 Å². The van der Waals surface area contributed by atoms with Crippen molar-refractivity contribution < 1.29 is 4.74 Å². The van der Waals surface area contributed by atoms with Crippen LogP contribution in [0, 0.1) is 0 Å². The van der Waals surface area contributed by atoms with Crippen molar-refractivity contribution in [3.05, 3.63) is 35.4 Å². The number of hydrogen-bond donors (Lipinski definition) is 1. The van der Waals surface area contributed by atoms with Crippen molar-refractivity contribution in [2.45, 2.75) is 44.1 Å². The summed E-state index contributed by atoms with van der Waals surface area (Å²) >= 11 is 0. The van der Waals surface area contributed by atoms with Gasteiger partial charge >= 0.3 is 0 Å². The Labute approximate surface area is 110 Å². The van der Waals surface area contributed by atoms with Crippen molar-refractivity contribution in [1.29, 1.82) is 0 Å². The molecule has 2 nitrogen and oxygen atoms in total. The monoisotopic (exact) mass is 245 g/mol. The van der Waals surface area contributed by atoms with Gasteiger partial charge in [0.15, 0.2) is 0 Å². The third-order valence-corrected chi connectivity index (χ3v) is 4.30. The van der Waals surface area contributed by atoms with Crippen LogP contribution in [0.2, 0.25) is 0 Å². The molecule has 1 aliphatic carbocycles. The van der Waals surface area contributed by atoms with Crippen LogP contribution in [0.5, 0.6) is 0 Å². The standard InChI is InChI=1S/C16H23NO/c1-2-7-16-13(5-1)11-14(16)12-18-10-8-15-6-3-4-9-17-15/h1-2,5,7,14-15,17H,3-4,6,8-12H2. The van der Waals surface area contributed by atoms with Gasteiger partial charge in [-0.25, -0.2) is 0 Å². The Kier molecular flexibility index (Phi) is 3.96. The molecule has 1 fully saturated rings. The number of nitrogens with one attached hydrogen (secondary N) is 1. The van der Waals surface area contributed by atoms with Crippen LogP contribution in [0.1, 0.15) is 42.7 Å². The van der Waals surface area contributed by atoms with Crippen LogP contribution in [0.25, 0.3) is 0 Å². The number of benzene rings is 1. The Balaban J connectivity index is 1.34. The van der Waals surface area contributed by atoms with E-state index >= 15 is 0 Å². The highest BCUT2D eigenvalue weighted by Crippen LogP contribution is 2.34. The normalized spacial score (nSPS) is 26.4. The molecule has 3 rings (SSSR count). The fourth-order valence-corrected chi connectivity index (χ4v) is 3.13. The van der Waals surface area contributed by atoms with Crippen LogP contribution < -0.4 is 5.32 Å². The van der Waals surface area contributed by atoms with Crippen LogP contribution >= 0.6 is 0 Å². The third kappa shape index (κ3) is 2.76. The van der Waals surface area contributed by atoms with Crippen molar-refractivity contribution in [3.8, 4) is 0 Å². The lowest BCUT2D eigenvalue weighted by Crippen LogP contribution is -2.35. The first-order chi connectivity index (χ1) is 8.93. The molecule has 0 amide bonds. The molecule has 1 aromatic rings. The number of fused-ring (bicyclic) bond motifs is 1. The second-order valence-corrected chi connectivity index (χ2v) is 5.61. The zero-order valence-electron chi connectivity index (χ0n) is 11.0. The zero-order valence-corrected chi connectivity index (χ0v) is 11.0. The Morgan fingerprint density at radius 3 is 3.00 bits per heavy atom. The molecule has 98 valence electrons. The number of piperidine rings is 1. The van der Waals surface area contributed by atoms with Crippen LogP contribution in [-0.4, -0.2) is 25.8 Å². The molecule has 0 spiro atoms. The van der Waals surface area contributed by atoms with Gasteiger partial charge < -0.3 is 10.1 Å². The van der Waals surface area contributed by atoms with Crippen molar-refractivity contribution in [3.63, 3.8) is 0 Å². The summed E-state index contributed by atoms with van der Waals surface area (Å²) in [6.45, 7) is 3.01. The highest BCUT2D eigenvalue weighted by atomic mass is 16.5. The van der Waals surface area contributed by atoms with Gasteiger partial charge in [0.1, 0.15) is 0 Å². The number of hydrogen-bond acceptors (Lipinski definition) is 2. The topological polar surface area (TPSA) is 21.3 Å². The summed E-state index contributed by atoms with van der Waals surface area (Å²) in [4.78, 5) is 0. The van der Waals surface area contributed by atoms with E-state index in [1.165, 1.54) is 49.8 Å². The van der Waals surface area contributed by atoms with Gasteiger partial charge in [-0.15, -0.1) is 0 Å². The highest BCUT2D eigenvalue weighted by Gasteiger charge is 2.25. The maximum atomic E-state index is 5.86. The molecule has 1 saturated heterocycles. The minimum Gasteiger partial charge on any atom is -0.381 e. The van der Waals surface area contributed by atoms with Crippen LogP contribution in [-0.2, 0) is 11.2 Å². The van der Waals surface area contributed by atoms with E-state index in [4.69, 9.17) is 4.74 Å². The van der Waals surface area contributed by atoms with Crippen LogP contribution in [0.3, 0.4) is 0 Å². The summed E-state index contributed by atoms with van der Waals surface area (Å²) in [7, 11) is 0. The Morgan fingerprint density at radius 1 is 1.22 bits per heavy atom. The molecule has 1 aromatic carbocycles. The molecule has 2 atom stereocenters. The first-order valence-corrected chi connectivity index (χ1v) is 7.32. The van der Waals surface area contributed by atoms with Crippen molar-refractivity contribution in [2.75, 3.05) is 19.8 Å². The average Bonchev–Trinajstić information content (AvgIpc) is 2.40. The van der Waals surface area contributed by atoms with Crippen LogP contribution in [0.15, 0.2) is 24.3 Å². The first-order valence-electron chi connectivity index (χ1n) is 7.32. The van der Waals surface area contributed by atoms with E-state index in [2.05, 4.69) is 29.6 Å². The number of rotatable bonds is 5. The molecule has 18 heavy (non-hydrogen) atoms. The Bertz CT molecular complexity index is 384. The summed E-state index contributed by atoms with van der Waals surface area (Å²) in [6, 6.07) is 9.45. The lowest BCUT2D eigenvalue weighted by atomic mass is 9.78. The maximum Gasteiger partial charge on any atom is 0.0538 e. The van der Waals surface area contributed by atoms with Gasteiger partial charge in [-0.2, -0.15) is 0 Å². The fourth-order valence-electron chi connectivity index (χ4n) is 3.13. The maximum absolute atomic E-state index is 5.86. The zero-order chi connectivity index (χ0) is 12.2. The third-order valence-electron chi connectivity index (χ3n) is 4.30. The van der Waals surface area contributed by atoms with Crippen molar-refractivity contribution in [1.82, 2.24) is 5.32 Å². The van der Waals surface area contributed by atoms with Gasteiger partial charge in [0, 0.05) is 18.6 Å². The molecule has 1 heterocycles. The summed E-state index contributed by atoms with van der Waals surface area (Å²) in [5.74, 6) is 0.653. The second kappa shape index (κ2) is 5.85. The molecular weight excluding hydrogens is 222 g/mol. The summed E-state index contributed by atoms with van der Waals surface area (Å²) in [5, 5.41) is 3.57. The average molecular weight is 245 g/mol. The van der Waals surface area contributed by atoms with E-state index in [1.807, 2.05) is 0 Å². The molecule has 2 heteroatoms. The minimum atomic E-state index is 0.653. The smallest absolute Gasteiger partial charge is 0.0538 e. The van der Waals surface area contributed by atoms with E-state index in [9.17, 15) is 0 Å². The molecule has 1 aliphatic heterocycles. The van der Waals surface area contributed by atoms with E-state index < -0.39 is 0 Å². The Morgan fingerprint density at radius 2 is 2.17 bits per heavy atom. The summed E-state index contributed by atoms with van der Waals surface area (Å²) in [6.07, 6.45) is 6.44. The predicted molar refractivity (Wildman–Crippen MR) is 74.0 cm³/mol. The molecular formula is C16H23NO. The quantitative estimate of drug-likeness (QED) is 0.805. The van der Waals surface area contributed by atoms with Crippen molar-refractivity contribution in [2.24, 2.45) is 0 Å².